The molecular weight excluding hydrogens is 258 g/mol. The Hall–Kier alpha value is -0.0800. The van der Waals surface area contributed by atoms with E-state index in [-0.39, 0.29) is 6.61 Å². The summed E-state index contributed by atoms with van der Waals surface area (Å²) in [7, 11) is 0. The van der Waals surface area contributed by atoms with Crippen molar-refractivity contribution in [3.05, 3.63) is 0 Å². The molecule has 2 nitrogen and oxygen atoms in total. The summed E-state index contributed by atoms with van der Waals surface area (Å²) in [5.41, 5.74) is 5.99. The summed E-state index contributed by atoms with van der Waals surface area (Å²) in [5.74, 6) is 0. The minimum absolute atomic E-state index is 0.284. The Morgan fingerprint density at radius 3 is 1.43 bits per heavy atom. The van der Waals surface area contributed by atoms with Gasteiger partial charge in [-0.2, -0.15) is 0 Å². The molecule has 0 aliphatic carbocycles. The molecule has 0 bridgehead atoms. The highest BCUT2D eigenvalue weighted by Gasteiger charge is 2.01. The van der Waals surface area contributed by atoms with E-state index in [0.29, 0.717) is 6.04 Å². The predicted molar refractivity (Wildman–Crippen MR) is 94.6 cm³/mol. The molecule has 0 saturated carbocycles. The van der Waals surface area contributed by atoms with E-state index in [0.717, 1.165) is 19.3 Å². The lowest BCUT2D eigenvalue weighted by atomic mass is 10.0. The second kappa shape index (κ2) is 18.0. The van der Waals surface area contributed by atoms with Crippen LogP contribution >= 0.6 is 0 Å². The number of rotatable bonds is 17. The van der Waals surface area contributed by atoms with Crippen LogP contribution in [0.2, 0.25) is 0 Å². The van der Waals surface area contributed by atoms with Gasteiger partial charge in [0.05, 0.1) is 0 Å². The van der Waals surface area contributed by atoms with Crippen LogP contribution in [0.15, 0.2) is 0 Å². The van der Waals surface area contributed by atoms with E-state index in [9.17, 15) is 0 Å². The van der Waals surface area contributed by atoms with Crippen LogP contribution in [0.4, 0.5) is 0 Å². The summed E-state index contributed by atoms with van der Waals surface area (Å²) in [6.07, 6.45) is 21.2. The first kappa shape index (κ1) is 20.9. The van der Waals surface area contributed by atoms with Gasteiger partial charge in [-0.1, -0.05) is 90.4 Å². The lowest BCUT2D eigenvalue weighted by molar-refractivity contribution is 0.278. The van der Waals surface area contributed by atoms with Gasteiger partial charge in [-0.15, -0.1) is 0 Å². The zero-order valence-electron chi connectivity index (χ0n) is 14.6. The van der Waals surface area contributed by atoms with Crippen LogP contribution in [0.25, 0.3) is 0 Å². The zero-order valence-corrected chi connectivity index (χ0v) is 14.6. The maximum atomic E-state index is 8.74. The molecular formula is C19H41NO. The lowest BCUT2D eigenvalue weighted by Crippen LogP contribution is -2.19. The van der Waals surface area contributed by atoms with Crippen molar-refractivity contribution in [3.63, 3.8) is 0 Å². The molecule has 0 heterocycles. The van der Waals surface area contributed by atoms with Crippen molar-refractivity contribution < 1.29 is 5.11 Å². The molecule has 0 fully saturated rings. The summed E-state index contributed by atoms with van der Waals surface area (Å²) in [5, 5.41) is 8.74. The number of hydrogen-bond acceptors (Lipinski definition) is 2. The fraction of sp³-hybridized carbons (Fsp3) is 1.00. The number of hydrogen-bond donors (Lipinski definition) is 2. The number of aliphatic hydroxyl groups excluding tert-OH is 1. The quantitative estimate of drug-likeness (QED) is 0.345. The van der Waals surface area contributed by atoms with Crippen LogP contribution in [0.1, 0.15) is 110 Å². The van der Waals surface area contributed by atoms with E-state index in [1.54, 1.807) is 0 Å². The smallest absolute Gasteiger partial charge is 0.0431 e. The van der Waals surface area contributed by atoms with Crippen LogP contribution in [0.3, 0.4) is 0 Å². The maximum absolute atomic E-state index is 8.74. The lowest BCUT2D eigenvalue weighted by Gasteiger charge is -2.10. The van der Waals surface area contributed by atoms with Crippen molar-refractivity contribution in [3.8, 4) is 0 Å². The van der Waals surface area contributed by atoms with Crippen LogP contribution in [-0.4, -0.2) is 17.8 Å². The fourth-order valence-electron chi connectivity index (χ4n) is 2.92. The van der Waals surface area contributed by atoms with Gasteiger partial charge in [-0.3, -0.25) is 0 Å². The molecule has 0 amide bonds. The number of nitrogens with two attached hydrogens (primary N) is 1. The summed E-state index contributed by atoms with van der Waals surface area (Å²) in [6, 6.07) is 0.310. The van der Waals surface area contributed by atoms with Crippen molar-refractivity contribution >= 4 is 0 Å². The standard InChI is InChI=1S/C19H41NO/c1-2-3-4-5-6-7-8-9-10-11-12-13-14-16-19(20)17-15-18-21/h19,21H,2-18,20H2,1H3. The van der Waals surface area contributed by atoms with E-state index < -0.39 is 0 Å². The number of unbranched alkanes of at least 4 members (excludes halogenated alkanes) is 12. The van der Waals surface area contributed by atoms with Crippen LogP contribution in [0.5, 0.6) is 0 Å². The summed E-state index contributed by atoms with van der Waals surface area (Å²) >= 11 is 0. The first-order valence-corrected chi connectivity index (χ1v) is 9.67. The molecule has 0 radical (unpaired) electrons. The SMILES string of the molecule is CCCCCCCCCCCCCCCC(N)CCCO. The molecule has 0 aromatic heterocycles. The Morgan fingerprint density at radius 2 is 1.00 bits per heavy atom. The first-order valence-electron chi connectivity index (χ1n) is 9.67. The highest BCUT2D eigenvalue weighted by molar-refractivity contribution is 4.61. The molecule has 1 atom stereocenters. The molecule has 0 aliphatic heterocycles. The van der Waals surface area contributed by atoms with Gasteiger partial charge in [0, 0.05) is 12.6 Å². The van der Waals surface area contributed by atoms with Gasteiger partial charge < -0.3 is 10.8 Å². The molecule has 1 unspecified atom stereocenters. The van der Waals surface area contributed by atoms with E-state index in [2.05, 4.69) is 6.92 Å². The van der Waals surface area contributed by atoms with Gasteiger partial charge in [-0.25, -0.2) is 0 Å². The monoisotopic (exact) mass is 299 g/mol. The Labute approximate surface area is 133 Å². The van der Waals surface area contributed by atoms with Crippen molar-refractivity contribution in [2.75, 3.05) is 6.61 Å². The third-order valence-electron chi connectivity index (χ3n) is 4.41. The van der Waals surface area contributed by atoms with E-state index in [1.807, 2.05) is 0 Å². The van der Waals surface area contributed by atoms with E-state index in [1.165, 1.54) is 83.5 Å². The third-order valence-corrected chi connectivity index (χ3v) is 4.41. The fourth-order valence-corrected chi connectivity index (χ4v) is 2.92. The second-order valence-corrected chi connectivity index (χ2v) is 6.66. The van der Waals surface area contributed by atoms with Crippen molar-refractivity contribution in [1.82, 2.24) is 0 Å². The molecule has 0 saturated heterocycles. The Bertz CT molecular complexity index is 184. The molecule has 0 aromatic rings. The van der Waals surface area contributed by atoms with Gasteiger partial charge in [0.15, 0.2) is 0 Å². The highest BCUT2D eigenvalue weighted by Crippen LogP contribution is 2.13. The van der Waals surface area contributed by atoms with Gasteiger partial charge in [0.25, 0.3) is 0 Å². The van der Waals surface area contributed by atoms with Gasteiger partial charge in [0.2, 0.25) is 0 Å². The number of aliphatic hydroxyl groups is 1. The summed E-state index contributed by atoms with van der Waals surface area (Å²) < 4.78 is 0. The molecule has 0 rings (SSSR count). The molecule has 0 aromatic carbocycles. The average Bonchev–Trinajstić information content (AvgIpc) is 2.49. The summed E-state index contributed by atoms with van der Waals surface area (Å²) in [4.78, 5) is 0. The van der Waals surface area contributed by atoms with Crippen LogP contribution in [0, 0.1) is 0 Å². The maximum Gasteiger partial charge on any atom is 0.0431 e. The second-order valence-electron chi connectivity index (χ2n) is 6.66. The topological polar surface area (TPSA) is 46.2 Å². The molecule has 0 aliphatic rings. The summed E-state index contributed by atoms with van der Waals surface area (Å²) in [6.45, 7) is 2.56. The van der Waals surface area contributed by atoms with Gasteiger partial charge in [-0.05, 0) is 19.3 Å². The largest absolute Gasteiger partial charge is 0.396 e. The predicted octanol–water partition coefficient (Wildman–Crippen LogP) is 5.57. The Morgan fingerprint density at radius 1 is 0.619 bits per heavy atom. The normalized spacial score (nSPS) is 12.7. The van der Waals surface area contributed by atoms with Gasteiger partial charge >= 0.3 is 0 Å². The van der Waals surface area contributed by atoms with Crippen LogP contribution < -0.4 is 5.73 Å². The molecule has 21 heavy (non-hydrogen) atoms. The third kappa shape index (κ3) is 17.9. The van der Waals surface area contributed by atoms with Crippen molar-refractivity contribution in [2.45, 2.75) is 116 Å². The van der Waals surface area contributed by atoms with E-state index in [4.69, 9.17) is 10.8 Å². The molecule has 128 valence electrons. The van der Waals surface area contributed by atoms with Gasteiger partial charge in [0.1, 0.15) is 0 Å². The first-order chi connectivity index (χ1) is 10.3. The molecule has 0 spiro atoms. The van der Waals surface area contributed by atoms with Crippen molar-refractivity contribution in [2.24, 2.45) is 5.73 Å². The molecule has 2 heteroatoms. The highest BCUT2D eigenvalue weighted by atomic mass is 16.2. The van der Waals surface area contributed by atoms with E-state index >= 15 is 0 Å². The minimum atomic E-state index is 0.284. The molecule has 3 N–H and O–H groups in total. The zero-order chi connectivity index (χ0) is 15.6. The Balaban J connectivity index is 3.02. The Kier molecular flexibility index (Phi) is 17.9. The van der Waals surface area contributed by atoms with Crippen molar-refractivity contribution in [1.29, 1.82) is 0 Å². The average molecular weight is 300 g/mol. The van der Waals surface area contributed by atoms with Crippen LogP contribution in [-0.2, 0) is 0 Å². The minimum Gasteiger partial charge on any atom is -0.396 e.